The third kappa shape index (κ3) is 3.56. The standard InChI is InChI=1S/C12H21BrN4/c1-5-8-14-11-10(13)9(4)15-12(16-11)17(6-2)7-3/h5-8H2,1-4H3,(H,14,15,16). The summed E-state index contributed by atoms with van der Waals surface area (Å²) in [4.78, 5) is 11.2. The molecule has 0 atom stereocenters. The quantitative estimate of drug-likeness (QED) is 0.876. The minimum Gasteiger partial charge on any atom is -0.369 e. The molecule has 0 aliphatic heterocycles. The van der Waals surface area contributed by atoms with Gasteiger partial charge in [-0.3, -0.25) is 0 Å². The monoisotopic (exact) mass is 300 g/mol. The molecule has 0 amide bonds. The van der Waals surface area contributed by atoms with Crippen molar-refractivity contribution < 1.29 is 0 Å². The minimum atomic E-state index is 0.800. The summed E-state index contributed by atoms with van der Waals surface area (Å²) < 4.78 is 0.960. The van der Waals surface area contributed by atoms with Crippen LogP contribution in [0.3, 0.4) is 0 Å². The molecule has 0 saturated carbocycles. The van der Waals surface area contributed by atoms with Crippen LogP contribution in [0.5, 0.6) is 0 Å². The first-order valence-electron chi connectivity index (χ1n) is 6.16. The first kappa shape index (κ1) is 14.2. The highest BCUT2D eigenvalue weighted by atomic mass is 79.9. The van der Waals surface area contributed by atoms with Crippen LogP contribution in [-0.4, -0.2) is 29.6 Å². The van der Waals surface area contributed by atoms with E-state index in [9.17, 15) is 0 Å². The third-order valence-corrected chi connectivity index (χ3v) is 3.54. The molecule has 0 radical (unpaired) electrons. The molecule has 0 unspecified atom stereocenters. The number of aryl methyl sites for hydroxylation is 1. The predicted molar refractivity (Wildman–Crippen MR) is 76.8 cm³/mol. The van der Waals surface area contributed by atoms with Gasteiger partial charge in [-0.25, -0.2) is 4.98 Å². The Morgan fingerprint density at radius 3 is 2.35 bits per heavy atom. The van der Waals surface area contributed by atoms with Crippen molar-refractivity contribution in [1.29, 1.82) is 0 Å². The second-order valence-electron chi connectivity index (χ2n) is 3.87. The van der Waals surface area contributed by atoms with Crippen LogP contribution in [0.15, 0.2) is 4.47 Å². The van der Waals surface area contributed by atoms with Crippen molar-refractivity contribution in [1.82, 2.24) is 9.97 Å². The molecule has 0 aliphatic rings. The highest BCUT2D eigenvalue weighted by Crippen LogP contribution is 2.25. The van der Waals surface area contributed by atoms with Gasteiger partial charge in [0.05, 0.1) is 10.2 Å². The first-order chi connectivity index (χ1) is 8.13. The molecule has 96 valence electrons. The first-order valence-corrected chi connectivity index (χ1v) is 6.96. The summed E-state index contributed by atoms with van der Waals surface area (Å²) in [6.45, 7) is 11.1. The van der Waals surface area contributed by atoms with E-state index in [2.05, 4.69) is 56.9 Å². The highest BCUT2D eigenvalue weighted by molar-refractivity contribution is 9.10. The van der Waals surface area contributed by atoms with Crippen LogP contribution in [-0.2, 0) is 0 Å². The van der Waals surface area contributed by atoms with Crippen LogP contribution in [0.2, 0.25) is 0 Å². The molecule has 0 fully saturated rings. The number of nitrogens with zero attached hydrogens (tertiary/aromatic N) is 3. The van der Waals surface area contributed by atoms with E-state index in [-0.39, 0.29) is 0 Å². The minimum absolute atomic E-state index is 0.800. The van der Waals surface area contributed by atoms with E-state index in [0.717, 1.165) is 48.0 Å². The Labute approximate surface area is 112 Å². The number of hydrogen-bond acceptors (Lipinski definition) is 4. The normalized spacial score (nSPS) is 10.4. The molecule has 1 aromatic heterocycles. The molecule has 1 aromatic rings. The van der Waals surface area contributed by atoms with Crippen molar-refractivity contribution >= 4 is 27.7 Å². The topological polar surface area (TPSA) is 41.1 Å². The summed E-state index contributed by atoms with van der Waals surface area (Å²) in [6, 6.07) is 0. The van der Waals surface area contributed by atoms with Crippen LogP contribution in [0.4, 0.5) is 11.8 Å². The van der Waals surface area contributed by atoms with Crippen molar-refractivity contribution in [2.24, 2.45) is 0 Å². The fourth-order valence-corrected chi connectivity index (χ4v) is 1.87. The van der Waals surface area contributed by atoms with E-state index in [1.807, 2.05) is 6.92 Å². The Kier molecular flexibility index (Phi) is 5.68. The van der Waals surface area contributed by atoms with Crippen LogP contribution < -0.4 is 10.2 Å². The van der Waals surface area contributed by atoms with E-state index >= 15 is 0 Å². The van der Waals surface area contributed by atoms with Gasteiger partial charge in [0.2, 0.25) is 5.95 Å². The van der Waals surface area contributed by atoms with E-state index < -0.39 is 0 Å². The smallest absolute Gasteiger partial charge is 0.227 e. The lowest BCUT2D eigenvalue weighted by Gasteiger charge is -2.20. The predicted octanol–water partition coefficient (Wildman–Crippen LogP) is 3.22. The van der Waals surface area contributed by atoms with Crippen molar-refractivity contribution in [3.05, 3.63) is 10.2 Å². The van der Waals surface area contributed by atoms with E-state index in [0.29, 0.717) is 0 Å². The third-order valence-electron chi connectivity index (χ3n) is 2.59. The number of rotatable bonds is 6. The average molecular weight is 301 g/mol. The number of halogens is 1. The van der Waals surface area contributed by atoms with Gasteiger partial charge in [0, 0.05) is 19.6 Å². The maximum Gasteiger partial charge on any atom is 0.227 e. The molecular formula is C12H21BrN4. The molecule has 17 heavy (non-hydrogen) atoms. The maximum atomic E-state index is 4.57. The summed E-state index contributed by atoms with van der Waals surface area (Å²) in [5, 5.41) is 3.32. The molecule has 4 nitrogen and oxygen atoms in total. The lowest BCUT2D eigenvalue weighted by molar-refractivity contribution is 0.813. The molecule has 1 N–H and O–H groups in total. The van der Waals surface area contributed by atoms with Crippen molar-refractivity contribution in [2.75, 3.05) is 29.9 Å². The molecular weight excluding hydrogens is 280 g/mol. The number of nitrogens with one attached hydrogen (secondary N) is 1. The Balaban J connectivity index is 3.04. The average Bonchev–Trinajstić information content (AvgIpc) is 2.33. The summed E-state index contributed by atoms with van der Waals surface area (Å²) in [5.41, 5.74) is 0.973. The second-order valence-corrected chi connectivity index (χ2v) is 4.66. The molecule has 1 rings (SSSR count). The zero-order chi connectivity index (χ0) is 12.8. The zero-order valence-corrected chi connectivity index (χ0v) is 12.6. The summed E-state index contributed by atoms with van der Waals surface area (Å²) >= 11 is 3.53. The van der Waals surface area contributed by atoms with Crippen molar-refractivity contribution in [3.8, 4) is 0 Å². The van der Waals surface area contributed by atoms with Gasteiger partial charge in [0.25, 0.3) is 0 Å². The Morgan fingerprint density at radius 1 is 1.18 bits per heavy atom. The molecule has 5 heteroatoms. The van der Waals surface area contributed by atoms with Crippen LogP contribution in [0.25, 0.3) is 0 Å². The molecule has 0 aromatic carbocycles. The van der Waals surface area contributed by atoms with Gasteiger partial charge in [0.1, 0.15) is 5.82 Å². The van der Waals surface area contributed by atoms with Gasteiger partial charge in [0.15, 0.2) is 0 Å². The maximum absolute atomic E-state index is 4.57. The molecule has 0 aliphatic carbocycles. The van der Waals surface area contributed by atoms with Gasteiger partial charge in [-0.2, -0.15) is 4.98 Å². The van der Waals surface area contributed by atoms with Crippen LogP contribution in [0.1, 0.15) is 32.9 Å². The van der Waals surface area contributed by atoms with Gasteiger partial charge < -0.3 is 10.2 Å². The molecule has 1 heterocycles. The SMILES string of the molecule is CCCNc1nc(N(CC)CC)nc(C)c1Br. The fraction of sp³-hybridized carbons (Fsp3) is 0.667. The molecule has 0 spiro atoms. The summed E-state index contributed by atoms with van der Waals surface area (Å²) in [5.74, 6) is 1.69. The fourth-order valence-electron chi connectivity index (χ4n) is 1.55. The van der Waals surface area contributed by atoms with Gasteiger partial charge >= 0.3 is 0 Å². The van der Waals surface area contributed by atoms with E-state index in [1.165, 1.54) is 0 Å². The van der Waals surface area contributed by atoms with E-state index in [1.54, 1.807) is 0 Å². The van der Waals surface area contributed by atoms with Crippen LogP contribution >= 0.6 is 15.9 Å². The summed E-state index contributed by atoms with van der Waals surface area (Å²) in [7, 11) is 0. The molecule has 0 bridgehead atoms. The Hall–Kier alpha value is -0.840. The van der Waals surface area contributed by atoms with Gasteiger partial charge in [-0.1, -0.05) is 6.92 Å². The summed E-state index contributed by atoms with van der Waals surface area (Å²) in [6.07, 6.45) is 1.08. The van der Waals surface area contributed by atoms with Crippen LogP contribution in [0, 0.1) is 6.92 Å². The zero-order valence-electron chi connectivity index (χ0n) is 11.0. The van der Waals surface area contributed by atoms with Gasteiger partial charge in [-0.05, 0) is 43.1 Å². The number of aromatic nitrogens is 2. The lowest BCUT2D eigenvalue weighted by atomic mass is 10.4. The van der Waals surface area contributed by atoms with E-state index in [4.69, 9.17) is 0 Å². The number of anilines is 2. The number of hydrogen-bond donors (Lipinski definition) is 1. The largest absolute Gasteiger partial charge is 0.369 e. The highest BCUT2D eigenvalue weighted by Gasteiger charge is 2.12. The second kappa shape index (κ2) is 6.79. The van der Waals surface area contributed by atoms with Crippen molar-refractivity contribution in [3.63, 3.8) is 0 Å². The lowest BCUT2D eigenvalue weighted by Crippen LogP contribution is -2.25. The van der Waals surface area contributed by atoms with Crippen molar-refractivity contribution in [2.45, 2.75) is 34.1 Å². The van der Waals surface area contributed by atoms with Gasteiger partial charge in [-0.15, -0.1) is 0 Å². The Bertz CT molecular complexity index is 364. The molecule has 0 saturated heterocycles. The Morgan fingerprint density at radius 2 is 1.82 bits per heavy atom.